The van der Waals surface area contributed by atoms with Crippen molar-refractivity contribution in [2.75, 3.05) is 81.0 Å². The third-order valence-electron chi connectivity index (χ3n) is 7.95. The molecule has 0 spiro atoms. The minimum Gasteiger partial charge on any atom is -0.465 e. The van der Waals surface area contributed by atoms with Crippen LogP contribution in [0.15, 0.2) is 72.8 Å². The number of methoxy groups -OCH3 is 1. The molecule has 2 aliphatic rings. The molecule has 1 saturated heterocycles. The maximum atomic E-state index is 13.2. The molecule has 50 heavy (non-hydrogen) atoms. The highest BCUT2D eigenvalue weighted by molar-refractivity contribution is 7.89. The van der Waals surface area contributed by atoms with E-state index in [1.807, 2.05) is 54.6 Å². The maximum absolute atomic E-state index is 13.2. The van der Waals surface area contributed by atoms with E-state index in [0.29, 0.717) is 34.6 Å². The summed E-state index contributed by atoms with van der Waals surface area (Å²) in [6, 6.07) is 22.2. The lowest BCUT2D eigenvalue weighted by atomic mass is 9.99. The van der Waals surface area contributed by atoms with Gasteiger partial charge in [0.2, 0.25) is 5.91 Å². The van der Waals surface area contributed by atoms with E-state index in [1.165, 1.54) is 7.11 Å². The fourth-order valence-corrected chi connectivity index (χ4v) is 6.81. The minimum absolute atomic E-state index is 0.0444. The van der Waals surface area contributed by atoms with Crippen molar-refractivity contribution in [3.63, 3.8) is 0 Å². The second-order valence-corrected chi connectivity index (χ2v) is 14.7. The zero-order valence-electron chi connectivity index (χ0n) is 27.7. The van der Waals surface area contributed by atoms with Crippen LogP contribution in [-0.4, -0.2) is 119 Å². The van der Waals surface area contributed by atoms with Gasteiger partial charge in [-0.1, -0.05) is 36.4 Å². The molecule has 0 atom stereocenters. The van der Waals surface area contributed by atoms with Crippen LogP contribution in [0.1, 0.15) is 21.5 Å². The number of ether oxygens (including phenoxy) is 1. The monoisotopic (exact) mass is 729 g/mol. The fourth-order valence-electron chi connectivity index (χ4n) is 5.12. The molecule has 0 aliphatic carbocycles. The van der Waals surface area contributed by atoms with E-state index in [-0.39, 0.29) is 11.8 Å². The molecule has 1 fully saturated rings. The zero-order chi connectivity index (χ0) is 36.6. The summed E-state index contributed by atoms with van der Waals surface area (Å²) in [6.45, 7) is 4.09. The van der Waals surface area contributed by atoms with Crippen LogP contribution in [0.4, 0.5) is 17.1 Å². The van der Waals surface area contributed by atoms with Crippen LogP contribution in [-0.2, 0) is 34.6 Å². The highest BCUT2D eigenvalue weighted by atomic mass is 32.2. The molecule has 0 bridgehead atoms. The van der Waals surface area contributed by atoms with Crippen LogP contribution in [0.25, 0.3) is 11.3 Å². The molecular formula is C33H39N5O10S2. The minimum atomic E-state index is -4.30. The number of hydrogen-bond donors (Lipinski definition) is 4. The third-order valence-corrected chi connectivity index (χ3v) is 9.65. The van der Waals surface area contributed by atoms with E-state index in [0.717, 1.165) is 43.1 Å². The van der Waals surface area contributed by atoms with Gasteiger partial charge < -0.3 is 25.2 Å². The molecule has 4 N–H and O–H groups in total. The summed E-state index contributed by atoms with van der Waals surface area (Å²) in [4.78, 5) is 44.3. The van der Waals surface area contributed by atoms with E-state index in [1.54, 1.807) is 30.1 Å². The number of fused-ring (bicyclic) bond motifs is 1. The molecule has 0 saturated carbocycles. The van der Waals surface area contributed by atoms with Crippen LogP contribution >= 0.6 is 0 Å². The number of piperazine rings is 1. The first-order valence-corrected chi connectivity index (χ1v) is 18.5. The number of nitrogens with one attached hydrogen (secondary N) is 2. The number of carbonyl (C=O) groups excluding carboxylic acids is 3. The molecule has 2 aliphatic heterocycles. The fraction of sp³-hybridized carbons (Fsp3) is 0.303. The molecule has 2 heterocycles. The van der Waals surface area contributed by atoms with Gasteiger partial charge >= 0.3 is 5.97 Å². The summed E-state index contributed by atoms with van der Waals surface area (Å²) in [5, 5.41) is 6.31. The Labute approximate surface area is 291 Å². The normalized spacial score (nSPS) is 16.0. The Morgan fingerprint density at radius 3 is 2.04 bits per heavy atom. The largest absolute Gasteiger partial charge is 0.465 e. The molecule has 3 aromatic carbocycles. The second-order valence-electron chi connectivity index (χ2n) is 11.6. The van der Waals surface area contributed by atoms with Crippen molar-refractivity contribution in [2.45, 2.75) is 0 Å². The Bertz CT molecular complexity index is 1930. The molecular weight excluding hydrogens is 691 g/mol. The van der Waals surface area contributed by atoms with Crippen molar-refractivity contribution in [3.8, 4) is 0 Å². The number of likely N-dealkylation sites (N-methyl/N-ethyl adjacent to an activating group) is 2. The first-order chi connectivity index (χ1) is 23.5. The topological polar surface area (TPSA) is 203 Å². The van der Waals surface area contributed by atoms with Crippen LogP contribution in [0.3, 0.4) is 0 Å². The van der Waals surface area contributed by atoms with Crippen molar-refractivity contribution < 1.29 is 45.1 Å². The number of benzene rings is 3. The lowest BCUT2D eigenvalue weighted by Gasteiger charge is -2.32. The summed E-state index contributed by atoms with van der Waals surface area (Å²) in [5.74, 6) is -2.66. The first-order valence-electron chi connectivity index (χ1n) is 15.3. The van der Waals surface area contributed by atoms with Gasteiger partial charge in [0.1, 0.15) is 0 Å². The summed E-state index contributed by atoms with van der Waals surface area (Å²) in [6.07, 6.45) is 0. The standard InChI is InChI=1S/C31H33N5O4.C2H6O6S2/c1-34-15-17-36(18-16-34)20-27(37)35(2)24-12-10-23(11-13-24)32-29(21-7-5-4-6-8-21)28-25-14-9-22(31(39)40-3)19-26(25)33-30(28)38;3-9(4,5)1-2-10(6,7)8/h4-14,19,32H,15-18,20H2,1-3H3,(H,33,38);1-2H2,(H,3,4,5)(H,6,7,8). The summed E-state index contributed by atoms with van der Waals surface area (Å²) < 4.78 is 60.2. The van der Waals surface area contributed by atoms with Gasteiger partial charge in [0.25, 0.3) is 26.1 Å². The zero-order valence-corrected chi connectivity index (χ0v) is 29.3. The maximum Gasteiger partial charge on any atom is 0.337 e. The molecule has 17 heteroatoms. The van der Waals surface area contributed by atoms with Gasteiger partial charge in [-0.15, -0.1) is 0 Å². The number of rotatable bonds is 10. The molecule has 0 unspecified atom stereocenters. The van der Waals surface area contributed by atoms with Crippen LogP contribution < -0.4 is 15.5 Å². The third kappa shape index (κ3) is 10.7. The van der Waals surface area contributed by atoms with Gasteiger partial charge in [0, 0.05) is 50.2 Å². The number of carbonyl (C=O) groups is 3. The van der Waals surface area contributed by atoms with Crippen molar-refractivity contribution in [2.24, 2.45) is 0 Å². The molecule has 268 valence electrons. The van der Waals surface area contributed by atoms with Gasteiger partial charge in [0.05, 0.1) is 47.7 Å². The number of hydrogen-bond acceptors (Lipinski definition) is 11. The number of esters is 1. The SMILES string of the molecule is COC(=O)c1ccc2c(c1)NC(=O)C2=C(Nc1ccc(N(C)C(=O)CN2CCN(C)CC2)cc1)c1ccccc1.O=S(=O)(O)CCS(=O)(=O)O. The Balaban J connectivity index is 0.000000490. The summed E-state index contributed by atoms with van der Waals surface area (Å²) in [5.41, 5.74) is 5.10. The lowest BCUT2D eigenvalue weighted by molar-refractivity contribution is -0.119. The molecule has 5 rings (SSSR count). The Morgan fingerprint density at radius 1 is 0.880 bits per heavy atom. The van der Waals surface area contributed by atoms with Gasteiger partial charge in [-0.2, -0.15) is 16.8 Å². The van der Waals surface area contributed by atoms with E-state index in [4.69, 9.17) is 13.8 Å². The number of nitrogens with zero attached hydrogens (tertiary/aromatic N) is 3. The van der Waals surface area contributed by atoms with Crippen molar-refractivity contribution >= 4 is 66.4 Å². The molecule has 15 nitrogen and oxygen atoms in total. The van der Waals surface area contributed by atoms with Crippen LogP contribution in [0.5, 0.6) is 0 Å². The Kier molecular flexibility index (Phi) is 12.5. The van der Waals surface area contributed by atoms with Crippen LogP contribution in [0.2, 0.25) is 0 Å². The van der Waals surface area contributed by atoms with Crippen molar-refractivity contribution in [1.82, 2.24) is 9.80 Å². The predicted molar refractivity (Wildman–Crippen MR) is 190 cm³/mol. The van der Waals surface area contributed by atoms with E-state index < -0.39 is 37.7 Å². The van der Waals surface area contributed by atoms with E-state index in [2.05, 4.69) is 27.5 Å². The smallest absolute Gasteiger partial charge is 0.337 e. The molecule has 3 aromatic rings. The Hall–Kier alpha value is -4.65. The average Bonchev–Trinajstić information content (AvgIpc) is 3.41. The van der Waals surface area contributed by atoms with Crippen molar-refractivity contribution in [1.29, 1.82) is 0 Å². The Morgan fingerprint density at radius 2 is 1.48 bits per heavy atom. The number of amides is 2. The summed E-state index contributed by atoms with van der Waals surface area (Å²) >= 11 is 0. The summed E-state index contributed by atoms with van der Waals surface area (Å²) in [7, 11) is -3.38. The number of anilines is 3. The molecule has 0 radical (unpaired) electrons. The second kappa shape index (κ2) is 16.4. The van der Waals surface area contributed by atoms with Gasteiger partial charge in [-0.3, -0.25) is 23.6 Å². The first kappa shape index (κ1) is 38.2. The highest BCUT2D eigenvalue weighted by Crippen LogP contribution is 2.38. The van der Waals surface area contributed by atoms with Gasteiger partial charge in [-0.25, -0.2) is 4.79 Å². The van der Waals surface area contributed by atoms with E-state index in [9.17, 15) is 31.2 Å². The van der Waals surface area contributed by atoms with Gasteiger partial charge in [-0.05, 0) is 49.0 Å². The van der Waals surface area contributed by atoms with E-state index >= 15 is 0 Å². The molecule has 2 amide bonds. The lowest BCUT2D eigenvalue weighted by Crippen LogP contribution is -2.48. The average molecular weight is 730 g/mol. The highest BCUT2D eigenvalue weighted by Gasteiger charge is 2.29. The molecule has 0 aromatic heterocycles. The van der Waals surface area contributed by atoms with Crippen LogP contribution in [0, 0.1) is 0 Å². The van der Waals surface area contributed by atoms with Gasteiger partial charge in [0.15, 0.2) is 0 Å². The quantitative estimate of drug-likeness (QED) is 0.135. The van der Waals surface area contributed by atoms with Crippen molar-refractivity contribution in [3.05, 3.63) is 89.5 Å². The predicted octanol–water partition coefficient (Wildman–Crippen LogP) is 2.38.